The summed E-state index contributed by atoms with van der Waals surface area (Å²) in [5.41, 5.74) is 6.98. The predicted molar refractivity (Wildman–Crippen MR) is 120 cm³/mol. The van der Waals surface area contributed by atoms with Crippen molar-refractivity contribution in [2.75, 3.05) is 11.5 Å². The van der Waals surface area contributed by atoms with E-state index in [9.17, 15) is 13.2 Å². The van der Waals surface area contributed by atoms with E-state index in [-0.39, 0.29) is 24.0 Å². The summed E-state index contributed by atoms with van der Waals surface area (Å²) in [6.45, 7) is 1.84. The lowest BCUT2D eigenvalue weighted by molar-refractivity contribution is 0.0950. The summed E-state index contributed by atoms with van der Waals surface area (Å²) in [4.78, 5) is 22.5. The number of benzene rings is 1. The molecule has 0 spiro atoms. The second-order valence-corrected chi connectivity index (χ2v) is 9.92. The monoisotopic (exact) mass is 455 g/mol. The molecule has 2 heterocycles. The topological polar surface area (TPSA) is 139 Å². The zero-order valence-corrected chi connectivity index (χ0v) is 18.3. The lowest BCUT2D eigenvalue weighted by Gasteiger charge is -2.08. The minimum Gasteiger partial charge on any atom is -0.383 e. The third kappa shape index (κ3) is 5.68. The Labute approximate surface area is 184 Å². The number of carbonyl (C=O) groups excluding carboxylic acids is 1. The van der Waals surface area contributed by atoms with Gasteiger partial charge in [0.05, 0.1) is 28.5 Å². The number of amides is 1. The van der Waals surface area contributed by atoms with Gasteiger partial charge in [0.1, 0.15) is 5.82 Å². The van der Waals surface area contributed by atoms with Crippen LogP contribution < -0.4 is 11.1 Å². The Morgan fingerprint density at radius 3 is 2.65 bits per heavy atom. The summed E-state index contributed by atoms with van der Waals surface area (Å²) in [5, 5.41) is 10.0. The van der Waals surface area contributed by atoms with Crippen LogP contribution in [0.3, 0.4) is 0 Å². The lowest BCUT2D eigenvalue weighted by atomic mass is 10.2. The number of nitrogens with two attached hydrogens (primary N) is 1. The molecule has 0 saturated carbocycles. The van der Waals surface area contributed by atoms with Gasteiger partial charge in [-0.2, -0.15) is 0 Å². The molecule has 4 N–H and O–H groups in total. The number of nitrogen functional groups attached to an aromatic ring is 1. The highest BCUT2D eigenvalue weighted by atomic mass is 32.2. The summed E-state index contributed by atoms with van der Waals surface area (Å²) < 4.78 is 24.1. The maximum Gasteiger partial charge on any atom is 0.253 e. The van der Waals surface area contributed by atoms with Crippen LogP contribution in [0.4, 0.5) is 5.82 Å². The van der Waals surface area contributed by atoms with E-state index in [2.05, 4.69) is 15.3 Å². The van der Waals surface area contributed by atoms with E-state index in [0.29, 0.717) is 21.7 Å². The number of aromatic nitrogens is 2. The molecular weight excluding hydrogens is 434 g/mol. The summed E-state index contributed by atoms with van der Waals surface area (Å²) in [6.07, 6.45) is 4.08. The molecule has 0 radical (unpaired) electrons. The van der Waals surface area contributed by atoms with Gasteiger partial charge in [0.25, 0.3) is 5.91 Å². The number of sulfone groups is 1. The summed E-state index contributed by atoms with van der Waals surface area (Å²) >= 11 is 1.41. The second-order valence-electron chi connectivity index (χ2n) is 6.49. The van der Waals surface area contributed by atoms with Crippen molar-refractivity contribution in [2.45, 2.75) is 28.2 Å². The molecule has 0 atom stereocenters. The molecule has 0 aliphatic carbocycles. The number of nitrogens with zero attached hydrogens (tertiary/aromatic N) is 2. The van der Waals surface area contributed by atoms with Crippen LogP contribution >= 0.6 is 11.8 Å². The van der Waals surface area contributed by atoms with E-state index in [4.69, 9.17) is 11.1 Å². The van der Waals surface area contributed by atoms with E-state index in [1.807, 2.05) is 12.1 Å². The molecule has 0 aliphatic rings. The number of nitrogens with one attached hydrogen (secondary N) is 2. The molecule has 8 nitrogen and oxygen atoms in total. The fourth-order valence-electron chi connectivity index (χ4n) is 2.61. The van der Waals surface area contributed by atoms with Crippen LogP contribution in [0.15, 0.2) is 69.5 Å². The van der Waals surface area contributed by atoms with E-state index < -0.39 is 9.84 Å². The van der Waals surface area contributed by atoms with Gasteiger partial charge >= 0.3 is 0 Å². The van der Waals surface area contributed by atoms with Crippen molar-refractivity contribution in [1.29, 1.82) is 5.41 Å². The number of pyridine rings is 2. The highest BCUT2D eigenvalue weighted by Gasteiger charge is 2.12. The summed E-state index contributed by atoms with van der Waals surface area (Å²) in [7, 11) is -3.26. The zero-order chi connectivity index (χ0) is 22.4. The van der Waals surface area contributed by atoms with E-state index in [1.165, 1.54) is 24.0 Å². The molecule has 0 aliphatic heterocycles. The predicted octanol–water partition coefficient (Wildman–Crippen LogP) is 2.93. The van der Waals surface area contributed by atoms with Gasteiger partial charge < -0.3 is 16.5 Å². The van der Waals surface area contributed by atoms with Crippen molar-refractivity contribution in [3.8, 4) is 0 Å². The average molecular weight is 456 g/mol. The maximum atomic E-state index is 12.3. The highest BCUT2D eigenvalue weighted by Crippen LogP contribution is 2.29. The van der Waals surface area contributed by atoms with E-state index >= 15 is 0 Å². The first kappa shape index (κ1) is 22.4. The Balaban J connectivity index is 1.63. The second kappa shape index (κ2) is 9.71. The van der Waals surface area contributed by atoms with Crippen molar-refractivity contribution in [2.24, 2.45) is 0 Å². The number of carbonyl (C=O) groups is 1. The largest absolute Gasteiger partial charge is 0.383 e. The Bertz CT molecular complexity index is 1210. The Morgan fingerprint density at radius 1 is 1.16 bits per heavy atom. The number of hydrogen-bond acceptors (Lipinski definition) is 8. The van der Waals surface area contributed by atoms with Gasteiger partial charge in [-0.05, 0) is 36.4 Å². The molecule has 160 valence electrons. The molecule has 0 saturated heterocycles. The smallest absolute Gasteiger partial charge is 0.253 e. The molecule has 1 aromatic carbocycles. The van der Waals surface area contributed by atoms with Crippen LogP contribution in [0.2, 0.25) is 0 Å². The van der Waals surface area contributed by atoms with Crippen molar-refractivity contribution in [3.05, 3.63) is 71.7 Å². The van der Waals surface area contributed by atoms with E-state index in [1.54, 1.807) is 37.4 Å². The first-order valence-corrected chi connectivity index (χ1v) is 11.8. The highest BCUT2D eigenvalue weighted by molar-refractivity contribution is 7.99. The fourth-order valence-corrected chi connectivity index (χ4v) is 4.46. The molecule has 2 aromatic heterocycles. The molecule has 1 amide bonds. The lowest BCUT2D eigenvalue weighted by Crippen LogP contribution is -2.23. The van der Waals surface area contributed by atoms with Crippen LogP contribution in [0, 0.1) is 5.41 Å². The Kier molecular flexibility index (Phi) is 7.03. The van der Waals surface area contributed by atoms with Crippen LogP contribution in [0.25, 0.3) is 0 Å². The van der Waals surface area contributed by atoms with Crippen molar-refractivity contribution < 1.29 is 13.2 Å². The molecule has 0 unspecified atom stereocenters. The number of anilines is 1. The van der Waals surface area contributed by atoms with Crippen LogP contribution in [-0.4, -0.2) is 36.3 Å². The zero-order valence-electron chi connectivity index (χ0n) is 16.7. The maximum absolute atomic E-state index is 12.3. The normalized spacial score (nSPS) is 11.1. The van der Waals surface area contributed by atoms with Crippen LogP contribution in [0.5, 0.6) is 0 Å². The molecular formula is C21H21N5O3S2. The summed E-state index contributed by atoms with van der Waals surface area (Å²) in [5.74, 6) is -0.0954. The molecule has 10 heteroatoms. The first-order chi connectivity index (χ1) is 14.8. The van der Waals surface area contributed by atoms with Gasteiger partial charge in [0.15, 0.2) is 9.84 Å². The van der Waals surface area contributed by atoms with Gasteiger partial charge in [0.2, 0.25) is 0 Å². The van der Waals surface area contributed by atoms with Crippen LogP contribution in [0.1, 0.15) is 28.5 Å². The van der Waals surface area contributed by atoms with Gasteiger partial charge in [-0.1, -0.05) is 24.8 Å². The Morgan fingerprint density at radius 2 is 1.97 bits per heavy atom. The van der Waals surface area contributed by atoms with Crippen LogP contribution in [-0.2, 0) is 16.4 Å². The molecule has 31 heavy (non-hydrogen) atoms. The van der Waals surface area contributed by atoms with Crippen molar-refractivity contribution in [1.82, 2.24) is 15.3 Å². The first-order valence-electron chi connectivity index (χ1n) is 9.32. The SMILES string of the molecule is CCS(=O)(=O)c1cccc(Sc2ccc(CNC(=O)c3cnc(N)c(C=N)c3)nc2)c1. The average Bonchev–Trinajstić information content (AvgIpc) is 2.79. The molecule has 0 bridgehead atoms. The number of hydrogen-bond donors (Lipinski definition) is 3. The van der Waals surface area contributed by atoms with E-state index in [0.717, 1.165) is 16.0 Å². The van der Waals surface area contributed by atoms with Crippen molar-refractivity contribution in [3.63, 3.8) is 0 Å². The molecule has 3 aromatic rings. The molecule has 3 rings (SSSR count). The molecule has 0 fully saturated rings. The van der Waals surface area contributed by atoms with Crippen molar-refractivity contribution >= 4 is 39.5 Å². The van der Waals surface area contributed by atoms with Gasteiger partial charge in [-0.25, -0.2) is 13.4 Å². The number of rotatable bonds is 8. The minimum absolute atomic E-state index is 0.0538. The standard InChI is InChI=1S/C21H21N5O3S2/c1-2-31(28,29)19-5-3-4-17(9-19)30-18-7-6-16(24-13-18)12-26-21(27)15-8-14(10-22)20(23)25-11-15/h3-11,13,22H,2,12H2,1H3,(H2,23,25)(H,26,27). The Hall–Kier alpha value is -3.24. The quantitative estimate of drug-likeness (QED) is 0.444. The summed E-state index contributed by atoms with van der Waals surface area (Å²) in [6, 6.07) is 12.0. The minimum atomic E-state index is -3.26. The van der Waals surface area contributed by atoms with Gasteiger partial charge in [0, 0.05) is 34.0 Å². The third-order valence-electron chi connectivity index (χ3n) is 4.38. The third-order valence-corrected chi connectivity index (χ3v) is 7.07. The fraction of sp³-hybridized carbons (Fsp3) is 0.143. The van der Waals surface area contributed by atoms with Gasteiger partial charge in [-0.3, -0.25) is 9.78 Å². The van der Waals surface area contributed by atoms with Gasteiger partial charge in [-0.15, -0.1) is 0 Å².